The highest BCUT2D eigenvalue weighted by atomic mass is 16.5. The molecule has 108 valence electrons. The van der Waals surface area contributed by atoms with Gasteiger partial charge >= 0.3 is 0 Å². The lowest BCUT2D eigenvalue weighted by atomic mass is 9.80. The fourth-order valence-corrected chi connectivity index (χ4v) is 3.03. The molecule has 1 rings (SSSR count). The molecule has 2 unspecified atom stereocenters. The van der Waals surface area contributed by atoms with Gasteiger partial charge in [0.1, 0.15) is 0 Å². The first kappa shape index (κ1) is 16.0. The Hall–Kier alpha value is -0.0800. The third-order valence-electron chi connectivity index (χ3n) is 4.12. The molecule has 2 nitrogen and oxygen atoms in total. The Morgan fingerprint density at radius 1 is 1.17 bits per heavy atom. The number of ether oxygens (including phenoxy) is 1. The van der Waals surface area contributed by atoms with Crippen molar-refractivity contribution in [3.05, 3.63) is 0 Å². The van der Waals surface area contributed by atoms with Gasteiger partial charge in [0.15, 0.2) is 0 Å². The van der Waals surface area contributed by atoms with Crippen LogP contribution in [0.2, 0.25) is 0 Å². The largest absolute Gasteiger partial charge is 0.377 e. The van der Waals surface area contributed by atoms with Crippen LogP contribution in [0.5, 0.6) is 0 Å². The van der Waals surface area contributed by atoms with Crippen LogP contribution in [0.15, 0.2) is 0 Å². The second-order valence-electron chi connectivity index (χ2n) is 7.08. The predicted molar refractivity (Wildman–Crippen MR) is 78.7 cm³/mol. The monoisotopic (exact) mass is 255 g/mol. The number of hydrogen-bond acceptors (Lipinski definition) is 2. The molecule has 0 aromatic rings. The number of nitrogens with two attached hydrogens (primary N) is 1. The van der Waals surface area contributed by atoms with Crippen molar-refractivity contribution in [1.82, 2.24) is 0 Å². The highest BCUT2D eigenvalue weighted by Gasteiger charge is 2.29. The van der Waals surface area contributed by atoms with E-state index in [1.165, 1.54) is 38.5 Å². The minimum atomic E-state index is 0.215. The van der Waals surface area contributed by atoms with E-state index < -0.39 is 0 Å². The van der Waals surface area contributed by atoms with Gasteiger partial charge in [0.2, 0.25) is 0 Å². The first-order valence-electron chi connectivity index (χ1n) is 7.81. The Kier molecular flexibility index (Phi) is 6.65. The van der Waals surface area contributed by atoms with E-state index >= 15 is 0 Å². The van der Waals surface area contributed by atoms with Gasteiger partial charge in [0.05, 0.1) is 6.10 Å². The molecule has 0 amide bonds. The Morgan fingerprint density at radius 3 is 2.28 bits per heavy atom. The molecule has 0 aliphatic heterocycles. The smallest absolute Gasteiger partial charge is 0.0753 e. The van der Waals surface area contributed by atoms with E-state index in [1.54, 1.807) is 0 Å². The van der Waals surface area contributed by atoms with Gasteiger partial charge in [-0.1, -0.05) is 40.0 Å². The molecular weight excluding hydrogens is 222 g/mol. The van der Waals surface area contributed by atoms with Crippen molar-refractivity contribution in [2.45, 2.75) is 84.8 Å². The maximum absolute atomic E-state index is 6.42. The number of rotatable bonds is 6. The zero-order valence-electron chi connectivity index (χ0n) is 12.9. The first-order chi connectivity index (χ1) is 8.44. The van der Waals surface area contributed by atoms with Crippen LogP contribution < -0.4 is 5.73 Å². The highest BCUT2D eigenvalue weighted by molar-refractivity contribution is 4.84. The average Bonchev–Trinajstić information content (AvgIpc) is 2.33. The minimum absolute atomic E-state index is 0.215. The Morgan fingerprint density at radius 2 is 1.78 bits per heavy atom. The predicted octanol–water partition coefficient (Wildman–Crippen LogP) is 4.13. The second kappa shape index (κ2) is 7.49. The van der Waals surface area contributed by atoms with E-state index in [2.05, 4.69) is 27.7 Å². The fraction of sp³-hybridized carbons (Fsp3) is 1.00. The van der Waals surface area contributed by atoms with E-state index in [1.807, 2.05) is 0 Å². The van der Waals surface area contributed by atoms with Crippen LogP contribution in [0.1, 0.15) is 72.6 Å². The van der Waals surface area contributed by atoms with Gasteiger partial charge < -0.3 is 10.5 Å². The van der Waals surface area contributed by atoms with Crippen molar-refractivity contribution >= 4 is 0 Å². The summed E-state index contributed by atoms with van der Waals surface area (Å²) in [6.45, 7) is 9.75. The summed E-state index contributed by atoms with van der Waals surface area (Å²) in [4.78, 5) is 0. The molecule has 0 saturated heterocycles. The van der Waals surface area contributed by atoms with Crippen molar-refractivity contribution in [1.29, 1.82) is 0 Å². The van der Waals surface area contributed by atoms with Gasteiger partial charge in [-0.25, -0.2) is 0 Å². The molecule has 2 heteroatoms. The number of hydrogen-bond donors (Lipinski definition) is 1. The van der Waals surface area contributed by atoms with E-state index in [9.17, 15) is 0 Å². The molecule has 2 atom stereocenters. The molecule has 1 aliphatic rings. The van der Waals surface area contributed by atoms with Crippen molar-refractivity contribution in [2.75, 3.05) is 6.61 Å². The quantitative estimate of drug-likeness (QED) is 0.774. The standard InChI is InChI=1S/C16H33NO/c1-5-18-15(13-9-7-6-8-10-13)14(17)11-12-16(2,3)4/h13-15H,5-12,17H2,1-4H3. The SMILES string of the molecule is CCOC(C(N)CCC(C)(C)C)C1CCCCC1. The normalized spacial score (nSPS) is 21.8. The summed E-state index contributed by atoms with van der Waals surface area (Å²) in [5, 5.41) is 0. The second-order valence-corrected chi connectivity index (χ2v) is 7.08. The van der Waals surface area contributed by atoms with Crippen LogP contribution in [0.3, 0.4) is 0 Å². The molecular formula is C16H33NO. The molecule has 0 aromatic carbocycles. The summed E-state index contributed by atoms with van der Waals surface area (Å²) < 4.78 is 5.98. The maximum atomic E-state index is 6.42. The molecule has 0 bridgehead atoms. The summed E-state index contributed by atoms with van der Waals surface area (Å²) >= 11 is 0. The Bertz CT molecular complexity index is 216. The summed E-state index contributed by atoms with van der Waals surface area (Å²) in [6, 6.07) is 0.215. The van der Waals surface area contributed by atoms with Crippen LogP contribution in [-0.2, 0) is 4.74 Å². The van der Waals surface area contributed by atoms with Crippen LogP contribution >= 0.6 is 0 Å². The summed E-state index contributed by atoms with van der Waals surface area (Å²) in [5.41, 5.74) is 6.79. The van der Waals surface area contributed by atoms with Gasteiger partial charge in [-0.05, 0) is 43.9 Å². The van der Waals surface area contributed by atoms with E-state index in [0.29, 0.717) is 11.3 Å². The molecule has 18 heavy (non-hydrogen) atoms. The summed E-state index contributed by atoms with van der Waals surface area (Å²) in [5.74, 6) is 0.702. The molecule has 2 N–H and O–H groups in total. The third kappa shape index (κ3) is 5.71. The molecule has 1 aliphatic carbocycles. The van der Waals surface area contributed by atoms with Gasteiger partial charge in [-0.2, -0.15) is 0 Å². The molecule has 0 spiro atoms. The van der Waals surface area contributed by atoms with Crippen molar-refractivity contribution in [3.8, 4) is 0 Å². The van der Waals surface area contributed by atoms with Crippen molar-refractivity contribution < 1.29 is 4.74 Å². The zero-order valence-corrected chi connectivity index (χ0v) is 12.9. The fourth-order valence-electron chi connectivity index (χ4n) is 3.03. The molecule has 0 heterocycles. The average molecular weight is 255 g/mol. The van der Waals surface area contributed by atoms with Crippen LogP contribution in [0.25, 0.3) is 0 Å². The lowest BCUT2D eigenvalue weighted by molar-refractivity contribution is -0.0126. The summed E-state index contributed by atoms with van der Waals surface area (Å²) in [7, 11) is 0. The summed E-state index contributed by atoms with van der Waals surface area (Å²) in [6.07, 6.45) is 9.31. The Labute approximate surface area is 114 Å². The maximum Gasteiger partial charge on any atom is 0.0753 e. The molecule has 1 saturated carbocycles. The molecule has 0 radical (unpaired) electrons. The topological polar surface area (TPSA) is 35.2 Å². The molecule has 0 aromatic heterocycles. The van der Waals surface area contributed by atoms with Gasteiger partial charge in [-0.3, -0.25) is 0 Å². The lowest BCUT2D eigenvalue weighted by Gasteiger charge is -2.35. The van der Waals surface area contributed by atoms with Crippen molar-refractivity contribution in [2.24, 2.45) is 17.1 Å². The van der Waals surface area contributed by atoms with E-state index in [0.717, 1.165) is 13.0 Å². The first-order valence-corrected chi connectivity index (χ1v) is 7.81. The van der Waals surface area contributed by atoms with Gasteiger partial charge in [0, 0.05) is 12.6 Å². The van der Waals surface area contributed by atoms with E-state index in [-0.39, 0.29) is 12.1 Å². The van der Waals surface area contributed by atoms with Crippen LogP contribution in [0, 0.1) is 11.3 Å². The van der Waals surface area contributed by atoms with Crippen LogP contribution in [-0.4, -0.2) is 18.8 Å². The highest BCUT2D eigenvalue weighted by Crippen LogP contribution is 2.31. The molecule has 1 fully saturated rings. The van der Waals surface area contributed by atoms with Crippen LogP contribution in [0.4, 0.5) is 0 Å². The Balaban J connectivity index is 2.48. The lowest BCUT2D eigenvalue weighted by Crippen LogP contribution is -2.43. The third-order valence-corrected chi connectivity index (χ3v) is 4.12. The zero-order chi connectivity index (χ0) is 13.6. The van der Waals surface area contributed by atoms with E-state index in [4.69, 9.17) is 10.5 Å². The van der Waals surface area contributed by atoms with Crippen molar-refractivity contribution in [3.63, 3.8) is 0 Å². The van der Waals surface area contributed by atoms with Gasteiger partial charge in [-0.15, -0.1) is 0 Å². The van der Waals surface area contributed by atoms with Gasteiger partial charge in [0.25, 0.3) is 0 Å². The minimum Gasteiger partial charge on any atom is -0.377 e.